The third kappa shape index (κ3) is 5.01. The summed E-state index contributed by atoms with van der Waals surface area (Å²) in [5.41, 5.74) is -1.38. The highest BCUT2D eigenvalue weighted by molar-refractivity contribution is 7.90. The van der Waals surface area contributed by atoms with Gasteiger partial charge in [-0.25, -0.2) is 8.42 Å². The molecule has 18 heavy (non-hydrogen) atoms. The average Bonchev–Trinajstić information content (AvgIpc) is 2.26. The molecule has 0 amide bonds. The molecule has 7 nitrogen and oxygen atoms in total. The Balaban J connectivity index is 4.99. The van der Waals surface area contributed by atoms with Gasteiger partial charge in [-0.15, -0.1) is 0 Å². The summed E-state index contributed by atoms with van der Waals surface area (Å²) < 4.78 is 34.4. The topological polar surface area (TPSA) is 98.8 Å². The van der Waals surface area contributed by atoms with E-state index in [0.717, 1.165) is 7.11 Å². The van der Waals surface area contributed by atoms with Crippen LogP contribution in [0.15, 0.2) is 0 Å². The summed E-state index contributed by atoms with van der Waals surface area (Å²) in [6, 6.07) is 0. The van der Waals surface area contributed by atoms with Crippen molar-refractivity contribution in [2.24, 2.45) is 0 Å². The van der Waals surface area contributed by atoms with E-state index < -0.39 is 33.3 Å². The van der Waals surface area contributed by atoms with E-state index >= 15 is 0 Å². The molecule has 0 spiro atoms. The fourth-order valence-electron chi connectivity index (χ4n) is 1.51. The number of carbonyl (C=O) groups excluding carboxylic acids is 2. The van der Waals surface area contributed by atoms with Gasteiger partial charge in [-0.3, -0.25) is 9.59 Å². The minimum atomic E-state index is -3.95. The van der Waals surface area contributed by atoms with Crippen molar-refractivity contribution in [1.29, 1.82) is 0 Å². The number of esters is 2. The van der Waals surface area contributed by atoms with Crippen molar-refractivity contribution < 1.29 is 27.5 Å². The number of ether oxygens (including phenoxy) is 2. The molecule has 106 valence electrons. The largest absolute Gasteiger partial charge is 0.468 e. The van der Waals surface area contributed by atoms with E-state index in [2.05, 4.69) is 14.2 Å². The number of carbonyl (C=O) groups is 2. The second kappa shape index (κ2) is 6.69. The molecule has 0 saturated heterocycles. The van der Waals surface area contributed by atoms with Crippen molar-refractivity contribution in [3.8, 4) is 0 Å². The maximum absolute atomic E-state index is 11.7. The first-order valence-corrected chi connectivity index (χ1v) is 7.03. The first-order chi connectivity index (χ1) is 8.20. The fraction of sp³-hybridized carbons (Fsp3) is 0.800. The monoisotopic (exact) mass is 281 g/mol. The van der Waals surface area contributed by atoms with Gasteiger partial charge in [0.2, 0.25) is 10.0 Å². The number of rotatable bonds is 7. The summed E-state index contributed by atoms with van der Waals surface area (Å²) in [7, 11) is -1.70. The Labute approximate surface area is 107 Å². The molecule has 1 N–H and O–H groups in total. The lowest BCUT2D eigenvalue weighted by Gasteiger charge is -2.26. The molecule has 0 aromatic carbocycles. The Hall–Kier alpha value is -1.15. The molecule has 0 aliphatic carbocycles. The van der Waals surface area contributed by atoms with Crippen molar-refractivity contribution in [2.45, 2.75) is 32.2 Å². The summed E-state index contributed by atoms with van der Waals surface area (Å²) in [5, 5.41) is 0. The number of methoxy groups -OCH3 is 2. The van der Waals surface area contributed by atoms with E-state index in [1.165, 1.54) is 14.0 Å². The molecule has 0 aromatic heterocycles. The fourth-order valence-corrected chi connectivity index (χ4v) is 2.89. The van der Waals surface area contributed by atoms with Gasteiger partial charge in [0.15, 0.2) is 5.75 Å². The normalized spacial score (nSPS) is 14.7. The molecule has 0 aromatic rings. The standard InChI is InChI=1S/C10H19NO6S/c1-5-6-10(2,9(13)17-4)11-18(14,15)7-8(12)16-3/h11H,5-7H2,1-4H3. The minimum Gasteiger partial charge on any atom is -0.468 e. The lowest BCUT2D eigenvalue weighted by Crippen LogP contribution is -2.53. The molecule has 0 saturated carbocycles. The Bertz CT molecular complexity index is 405. The van der Waals surface area contributed by atoms with Gasteiger partial charge in [-0.1, -0.05) is 13.3 Å². The highest BCUT2D eigenvalue weighted by Gasteiger charge is 2.38. The van der Waals surface area contributed by atoms with Crippen LogP contribution in [0.2, 0.25) is 0 Å². The van der Waals surface area contributed by atoms with Crippen LogP contribution in [-0.2, 0) is 29.1 Å². The van der Waals surface area contributed by atoms with Crippen LogP contribution in [0.3, 0.4) is 0 Å². The molecule has 0 aliphatic rings. The van der Waals surface area contributed by atoms with Gasteiger partial charge in [0.25, 0.3) is 0 Å². The smallest absolute Gasteiger partial charge is 0.326 e. The van der Waals surface area contributed by atoms with Crippen LogP contribution >= 0.6 is 0 Å². The van der Waals surface area contributed by atoms with Crippen LogP contribution in [-0.4, -0.2) is 45.9 Å². The van der Waals surface area contributed by atoms with Crippen LogP contribution < -0.4 is 4.72 Å². The lowest BCUT2D eigenvalue weighted by molar-refractivity contribution is -0.147. The number of sulfonamides is 1. The van der Waals surface area contributed by atoms with Crippen molar-refractivity contribution in [3.63, 3.8) is 0 Å². The molecule has 0 rings (SSSR count). The van der Waals surface area contributed by atoms with Crippen LogP contribution in [0.25, 0.3) is 0 Å². The quantitative estimate of drug-likeness (QED) is 0.649. The second-order valence-electron chi connectivity index (χ2n) is 4.01. The summed E-state index contributed by atoms with van der Waals surface area (Å²) in [6.07, 6.45) is 0.840. The van der Waals surface area contributed by atoms with Crippen LogP contribution in [0.4, 0.5) is 0 Å². The van der Waals surface area contributed by atoms with Crippen molar-refractivity contribution in [3.05, 3.63) is 0 Å². The second-order valence-corrected chi connectivity index (χ2v) is 5.73. The number of nitrogens with one attached hydrogen (secondary N) is 1. The molecule has 0 bridgehead atoms. The highest BCUT2D eigenvalue weighted by atomic mass is 32.2. The molecule has 0 heterocycles. The summed E-state index contributed by atoms with van der Waals surface area (Å²) in [5.74, 6) is -2.43. The minimum absolute atomic E-state index is 0.264. The van der Waals surface area contributed by atoms with Crippen molar-refractivity contribution in [1.82, 2.24) is 4.72 Å². The van der Waals surface area contributed by atoms with E-state index in [1.807, 2.05) is 0 Å². The zero-order valence-corrected chi connectivity index (χ0v) is 11.8. The molecule has 8 heteroatoms. The first-order valence-electron chi connectivity index (χ1n) is 5.37. The molecule has 0 fully saturated rings. The van der Waals surface area contributed by atoms with Gasteiger partial charge in [0.1, 0.15) is 5.54 Å². The Kier molecular flexibility index (Phi) is 6.27. The summed E-state index contributed by atoms with van der Waals surface area (Å²) in [4.78, 5) is 22.5. The van der Waals surface area contributed by atoms with Gasteiger partial charge in [0, 0.05) is 0 Å². The maximum atomic E-state index is 11.7. The maximum Gasteiger partial charge on any atom is 0.326 e. The predicted molar refractivity (Wildman–Crippen MR) is 64.3 cm³/mol. The van der Waals surface area contributed by atoms with E-state index in [4.69, 9.17) is 0 Å². The Morgan fingerprint density at radius 2 is 1.78 bits per heavy atom. The zero-order chi connectivity index (χ0) is 14.4. The molecular formula is C10H19NO6S. The van der Waals surface area contributed by atoms with Gasteiger partial charge >= 0.3 is 11.9 Å². The van der Waals surface area contributed by atoms with Crippen LogP contribution in [0.1, 0.15) is 26.7 Å². The predicted octanol–water partition coefficient (Wildman–Crippen LogP) is -0.189. The van der Waals surface area contributed by atoms with Gasteiger partial charge in [0.05, 0.1) is 14.2 Å². The Morgan fingerprint density at radius 3 is 2.17 bits per heavy atom. The molecule has 1 unspecified atom stereocenters. The Morgan fingerprint density at radius 1 is 1.22 bits per heavy atom. The van der Waals surface area contributed by atoms with Gasteiger partial charge in [-0.05, 0) is 13.3 Å². The number of hydrogen-bond donors (Lipinski definition) is 1. The molecule has 1 atom stereocenters. The van der Waals surface area contributed by atoms with Gasteiger partial charge in [-0.2, -0.15) is 4.72 Å². The summed E-state index contributed by atoms with van der Waals surface area (Å²) in [6.45, 7) is 3.22. The van der Waals surface area contributed by atoms with Crippen molar-refractivity contribution in [2.75, 3.05) is 20.0 Å². The van der Waals surface area contributed by atoms with E-state index in [0.29, 0.717) is 6.42 Å². The first kappa shape index (κ1) is 16.9. The third-order valence-electron chi connectivity index (χ3n) is 2.30. The van der Waals surface area contributed by atoms with Crippen LogP contribution in [0.5, 0.6) is 0 Å². The lowest BCUT2D eigenvalue weighted by atomic mass is 9.98. The third-order valence-corrected chi connectivity index (χ3v) is 3.68. The van der Waals surface area contributed by atoms with E-state index in [-0.39, 0.29) is 6.42 Å². The SMILES string of the molecule is CCCC(C)(NS(=O)(=O)CC(=O)OC)C(=O)OC. The van der Waals surface area contributed by atoms with E-state index in [1.54, 1.807) is 6.92 Å². The molecular weight excluding hydrogens is 262 g/mol. The average molecular weight is 281 g/mol. The molecule has 0 aliphatic heterocycles. The molecule has 0 radical (unpaired) electrons. The van der Waals surface area contributed by atoms with E-state index in [9.17, 15) is 18.0 Å². The van der Waals surface area contributed by atoms with Crippen LogP contribution in [0, 0.1) is 0 Å². The van der Waals surface area contributed by atoms with Gasteiger partial charge < -0.3 is 9.47 Å². The number of hydrogen-bond acceptors (Lipinski definition) is 6. The highest BCUT2D eigenvalue weighted by Crippen LogP contribution is 2.15. The summed E-state index contributed by atoms with van der Waals surface area (Å²) >= 11 is 0. The van der Waals surface area contributed by atoms with Crippen molar-refractivity contribution >= 4 is 22.0 Å². The zero-order valence-electron chi connectivity index (χ0n) is 11.0.